The zero-order valence-electron chi connectivity index (χ0n) is 17.7. The summed E-state index contributed by atoms with van der Waals surface area (Å²) in [5, 5.41) is 10.6. The molecule has 30 heavy (non-hydrogen) atoms. The topological polar surface area (TPSA) is 76.1 Å². The van der Waals surface area contributed by atoms with Gasteiger partial charge in [-0.15, -0.1) is 0 Å². The highest BCUT2D eigenvalue weighted by molar-refractivity contribution is 7.91. The molecular formula is C23H31NO5S. The number of ether oxygens (including phenoxy) is 2. The molecule has 1 aliphatic rings. The Morgan fingerprint density at radius 3 is 2.37 bits per heavy atom. The van der Waals surface area contributed by atoms with Crippen LogP contribution in [-0.2, 0) is 22.8 Å². The SMILES string of the molecule is CCc1ccc(CN(CC(O)COc2ccccc2OC)C2CCS(=O)(=O)C2)cc1. The molecule has 0 bridgehead atoms. The van der Waals surface area contributed by atoms with Gasteiger partial charge in [0.05, 0.1) is 18.6 Å². The first kappa shape index (κ1) is 22.6. The molecule has 164 valence electrons. The van der Waals surface area contributed by atoms with E-state index in [9.17, 15) is 13.5 Å². The highest BCUT2D eigenvalue weighted by Crippen LogP contribution is 2.26. The Hall–Kier alpha value is -2.09. The van der Waals surface area contributed by atoms with Crippen molar-refractivity contribution in [2.45, 2.75) is 38.5 Å². The van der Waals surface area contributed by atoms with Gasteiger partial charge in [-0.2, -0.15) is 0 Å². The largest absolute Gasteiger partial charge is 0.493 e. The fraction of sp³-hybridized carbons (Fsp3) is 0.478. The Bertz CT molecular complexity index is 913. The molecule has 2 atom stereocenters. The van der Waals surface area contributed by atoms with Gasteiger partial charge in [0, 0.05) is 19.1 Å². The summed E-state index contributed by atoms with van der Waals surface area (Å²) in [6.45, 7) is 3.15. The number of hydrogen-bond donors (Lipinski definition) is 1. The van der Waals surface area contributed by atoms with Crippen molar-refractivity contribution in [3.05, 3.63) is 59.7 Å². The summed E-state index contributed by atoms with van der Waals surface area (Å²) in [5.41, 5.74) is 2.37. The van der Waals surface area contributed by atoms with Crippen LogP contribution < -0.4 is 9.47 Å². The Kier molecular flexibility index (Phi) is 7.75. The van der Waals surface area contributed by atoms with Crippen LogP contribution in [0.3, 0.4) is 0 Å². The van der Waals surface area contributed by atoms with Crippen LogP contribution in [0.15, 0.2) is 48.5 Å². The van der Waals surface area contributed by atoms with Crippen molar-refractivity contribution in [2.24, 2.45) is 0 Å². The summed E-state index contributed by atoms with van der Waals surface area (Å²) >= 11 is 0. The normalized spacial score (nSPS) is 19.0. The Balaban J connectivity index is 1.66. The number of aryl methyl sites for hydroxylation is 1. The second-order valence-corrected chi connectivity index (χ2v) is 10.0. The van der Waals surface area contributed by atoms with Gasteiger partial charge in [-0.1, -0.05) is 43.3 Å². The molecule has 0 saturated carbocycles. The van der Waals surface area contributed by atoms with Gasteiger partial charge in [-0.25, -0.2) is 8.42 Å². The van der Waals surface area contributed by atoms with Crippen molar-refractivity contribution in [1.82, 2.24) is 4.90 Å². The Morgan fingerprint density at radius 2 is 1.77 bits per heavy atom. The van der Waals surface area contributed by atoms with Crippen LogP contribution in [0.25, 0.3) is 0 Å². The van der Waals surface area contributed by atoms with Crippen LogP contribution in [0.2, 0.25) is 0 Å². The number of aliphatic hydroxyl groups excluding tert-OH is 1. The number of hydrogen-bond acceptors (Lipinski definition) is 6. The number of nitrogens with zero attached hydrogens (tertiary/aromatic N) is 1. The Morgan fingerprint density at radius 1 is 1.10 bits per heavy atom. The first-order chi connectivity index (χ1) is 14.4. The molecule has 1 fully saturated rings. The fourth-order valence-electron chi connectivity index (χ4n) is 3.77. The summed E-state index contributed by atoms with van der Waals surface area (Å²) in [6, 6.07) is 15.6. The molecule has 0 aliphatic carbocycles. The van der Waals surface area contributed by atoms with E-state index in [0.29, 0.717) is 31.0 Å². The molecule has 0 amide bonds. The van der Waals surface area contributed by atoms with E-state index in [1.165, 1.54) is 5.56 Å². The maximum absolute atomic E-state index is 12.0. The fourth-order valence-corrected chi connectivity index (χ4v) is 5.53. The van der Waals surface area contributed by atoms with Crippen molar-refractivity contribution in [2.75, 3.05) is 31.8 Å². The third-order valence-corrected chi connectivity index (χ3v) is 7.24. The molecule has 0 aromatic heterocycles. The third-order valence-electron chi connectivity index (χ3n) is 5.49. The molecule has 1 saturated heterocycles. The van der Waals surface area contributed by atoms with Crippen molar-refractivity contribution >= 4 is 9.84 Å². The van der Waals surface area contributed by atoms with Gasteiger partial charge in [-0.05, 0) is 36.1 Å². The maximum atomic E-state index is 12.0. The standard InChI is InChI=1S/C23H31NO5S/c1-3-18-8-10-19(11-9-18)14-24(20-12-13-30(26,27)17-20)15-21(25)16-29-23-7-5-4-6-22(23)28-2/h4-11,20-21,25H,3,12-17H2,1-2H3. The molecule has 6 nitrogen and oxygen atoms in total. The molecule has 0 radical (unpaired) electrons. The highest BCUT2D eigenvalue weighted by atomic mass is 32.2. The maximum Gasteiger partial charge on any atom is 0.161 e. The lowest BCUT2D eigenvalue weighted by atomic mass is 10.1. The van der Waals surface area contributed by atoms with E-state index in [1.54, 1.807) is 19.2 Å². The van der Waals surface area contributed by atoms with Crippen LogP contribution in [0.5, 0.6) is 11.5 Å². The zero-order chi connectivity index (χ0) is 21.6. The van der Waals surface area contributed by atoms with Crippen LogP contribution in [0.1, 0.15) is 24.5 Å². The highest BCUT2D eigenvalue weighted by Gasteiger charge is 2.33. The number of methoxy groups -OCH3 is 1. The molecule has 1 aliphatic heterocycles. The molecule has 2 aromatic rings. The van der Waals surface area contributed by atoms with Crippen molar-refractivity contribution in [3.63, 3.8) is 0 Å². The van der Waals surface area contributed by atoms with E-state index in [0.717, 1.165) is 12.0 Å². The van der Waals surface area contributed by atoms with Gasteiger partial charge in [-0.3, -0.25) is 4.90 Å². The predicted molar refractivity (Wildman–Crippen MR) is 118 cm³/mol. The van der Waals surface area contributed by atoms with Gasteiger partial charge in [0.15, 0.2) is 21.3 Å². The van der Waals surface area contributed by atoms with Crippen molar-refractivity contribution in [3.8, 4) is 11.5 Å². The van der Waals surface area contributed by atoms with Gasteiger partial charge in [0.25, 0.3) is 0 Å². The summed E-state index contributed by atoms with van der Waals surface area (Å²) in [4.78, 5) is 2.07. The number of benzene rings is 2. The lowest BCUT2D eigenvalue weighted by molar-refractivity contribution is 0.0517. The minimum absolute atomic E-state index is 0.0956. The van der Waals surface area contributed by atoms with Gasteiger partial charge >= 0.3 is 0 Å². The molecule has 7 heteroatoms. The quantitative estimate of drug-likeness (QED) is 0.621. The second kappa shape index (κ2) is 10.3. The summed E-state index contributed by atoms with van der Waals surface area (Å²) in [5.74, 6) is 1.53. The van der Waals surface area contributed by atoms with Gasteiger partial charge in [0.2, 0.25) is 0 Å². The number of rotatable bonds is 10. The average molecular weight is 434 g/mol. The van der Waals surface area contributed by atoms with E-state index < -0.39 is 15.9 Å². The summed E-state index contributed by atoms with van der Waals surface area (Å²) in [6.07, 6.45) is 0.812. The van der Waals surface area contributed by atoms with E-state index in [-0.39, 0.29) is 24.2 Å². The predicted octanol–water partition coefficient (Wildman–Crippen LogP) is 2.69. The van der Waals surface area contributed by atoms with Gasteiger partial charge in [0.1, 0.15) is 12.7 Å². The van der Waals surface area contributed by atoms with Crippen molar-refractivity contribution < 1.29 is 23.0 Å². The molecule has 1 heterocycles. The van der Waals surface area contributed by atoms with E-state index in [2.05, 4.69) is 36.1 Å². The first-order valence-corrected chi connectivity index (χ1v) is 12.2. The second-order valence-electron chi connectivity index (χ2n) is 7.77. The van der Waals surface area contributed by atoms with E-state index >= 15 is 0 Å². The lowest BCUT2D eigenvalue weighted by Crippen LogP contribution is -2.42. The van der Waals surface area contributed by atoms with Crippen LogP contribution >= 0.6 is 0 Å². The van der Waals surface area contributed by atoms with Crippen LogP contribution in [0, 0.1) is 0 Å². The zero-order valence-corrected chi connectivity index (χ0v) is 18.5. The first-order valence-electron chi connectivity index (χ1n) is 10.4. The molecule has 3 rings (SSSR count). The van der Waals surface area contributed by atoms with Crippen molar-refractivity contribution in [1.29, 1.82) is 0 Å². The van der Waals surface area contributed by atoms with E-state index in [1.807, 2.05) is 12.1 Å². The molecule has 2 unspecified atom stereocenters. The molecule has 2 aromatic carbocycles. The molecule has 1 N–H and O–H groups in total. The minimum atomic E-state index is -3.01. The Labute approximate surface area is 179 Å². The molecule has 0 spiro atoms. The number of sulfone groups is 1. The summed E-state index contributed by atoms with van der Waals surface area (Å²) in [7, 11) is -1.44. The number of para-hydroxylation sites is 2. The monoisotopic (exact) mass is 433 g/mol. The minimum Gasteiger partial charge on any atom is -0.493 e. The summed E-state index contributed by atoms with van der Waals surface area (Å²) < 4.78 is 35.1. The third kappa shape index (κ3) is 6.20. The average Bonchev–Trinajstić information content (AvgIpc) is 3.12. The smallest absolute Gasteiger partial charge is 0.161 e. The van der Waals surface area contributed by atoms with Gasteiger partial charge < -0.3 is 14.6 Å². The van der Waals surface area contributed by atoms with Crippen LogP contribution in [0.4, 0.5) is 0 Å². The molecular weight excluding hydrogens is 402 g/mol. The van der Waals surface area contributed by atoms with Crippen LogP contribution in [-0.4, -0.2) is 62.3 Å². The number of aliphatic hydroxyl groups is 1. The lowest BCUT2D eigenvalue weighted by Gasteiger charge is -2.30. The van der Waals surface area contributed by atoms with E-state index in [4.69, 9.17) is 9.47 Å².